The Morgan fingerprint density at radius 3 is 2.00 bits per heavy atom. The van der Waals surface area contributed by atoms with Gasteiger partial charge in [0.15, 0.2) is 17.3 Å². The zero-order chi connectivity index (χ0) is 62.3. The molecule has 0 radical (unpaired) electrons. The fourth-order valence-electron chi connectivity index (χ4n) is 9.96. The molecule has 0 aromatic heterocycles. The first-order valence-corrected chi connectivity index (χ1v) is 28.2. The molecule has 4 aromatic carbocycles. The molecule has 9 atom stereocenters. The average Bonchev–Trinajstić information content (AvgIpc) is 3.60. The van der Waals surface area contributed by atoms with Gasteiger partial charge in [0.05, 0.1) is 55.3 Å². The molecule has 0 spiro atoms. The first-order valence-electron chi connectivity index (χ1n) is 28.2. The molecule has 0 aliphatic carbocycles. The number of benzene rings is 4. The number of Topliss-reactive ketones (excluding diaryl/α,β-unsaturated/α-hetero) is 3. The minimum Gasteiger partial charge on any atom is -0.494 e. The first-order chi connectivity index (χ1) is 39.8. The summed E-state index contributed by atoms with van der Waals surface area (Å²) in [5, 5.41) is 52.3. The molecule has 4 aromatic rings. The van der Waals surface area contributed by atoms with Crippen molar-refractivity contribution in [2.24, 2.45) is 33.8 Å². The lowest BCUT2D eigenvalue weighted by Crippen LogP contribution is -2.55. The van der Waals surface area contributed by atoms with Crippen LogP contribution >= 0.6 is 0 Å². The Hall–Kier alpha value is -7.88. The first kappa shape index (κ1) is 68.6. The van der Waals surface area contributed by atoms with Crippen LogP contribution in [0.4, 0.5) is 4.39 Å². The molecule has 4 amide bonds. The molecule has 22 heteroatoms. The van der Waals surface area contributed by atoms with E-state index in [1.54, 1.807) is 12.1 Å². The molecule has 0 aliphatic rings. The minimum absolute atomic E-state index is 0.0242. The summed E-state index contributed by atoms with van der Waals surface area (Å²) in [6, 6.07) is 18.2. The quantitative estimate of drug-likeness (QED) is 0.0116. The summed E-state index contributed by atoms with van der Waals surface area (Å²) in [6.45, 7) is 9.43. The number of nitrogens with one attached hydrogen (secondary N) is 3. The number of hydrogen-bond acceptors (Lipinski definition) is 14. The molecule has 11 N–H and O–H groups in total. The van der Waals surface area contributed by atoms with E-state index >= 15 is 0 Å². The zero-order valence-corrected chi connectivity index (χ0v) is 48.6. The van der Waals surface area contributed by atoms with Crippen molar-refractivity contribution >= 4 is 46.9 Å². The summed E-state index contributed by atoms with van der Waals surface area (Å²) in [5.41, 5.74) is 24.9. The molecular formula is C62H81FN8O13. The van der Waals surface area contributed by atoms with Crippen molar-refractivity contribution in [3.05, 3.63) is 135 Å². The maximum absolute atomic E-state index is 15.0. The number of unbranched alkanes of at least 4 members (excludes halogenated alkanes) is 1. The maximum atomic E-state index is 15.0. The molecule has 0 heterocycles. The van der Waals surface area contributed by atoms with Crippen molar-refractivity contribution < 1.29 is 67.9 Å². The average molecular weight is 1170 g/mol. The number of carbonyl (C=O) groups is 8. The number of aliphatic hydroxyl groups is 3. The predicted octanol–water partition coefficient (Wildman–Crippen LogP) is 5.56. The third-order valence-corrected chi connectivity index (χ3v) is 14.7. The van der Waals surface area contributed by atoms with Gasteiger partial charge in [0.25, 0.3) is 0 Å². The number of hydrogen-bond donors (Lipinski definition) is 9. The monoisotopic (exact) mass is 1160 g/mol. The van der Waals surface area contributed by atoms with E-state index in [0.717, 1.165) is 46.4 Å². The maximum Gasteiger partial charge on any atom is 0.305 e. The standard InChI is InChI=1S/C62H81FN8O13/c1-7-42-29-47(84-24-11-10-23-67-71-66)21-22-48(42)43-19-17-40(18-20-43)28-45(59(81)68-50(58(65)80)16-12-13-41-26-36(2)25-37(3)27-41)30-52(75)51(32-55(78)79)69-60(82)46(35-72)31-53(76)57(39(5)74)70-61(83)62(6,34-54(77)56(64)38(4)73)33-44-14-8-9-15-49(44)63/h8-9,14-15,17-22,25-27,29,38-39,45-46,50-51,56-57,72-74H,7,10-13,16,23-24,28,30-35,64H2,1-6H3,(H2,65,80)(H,68,81)(H,69,82)(H,70,83)(H,78,79)/t38-,39-,45-,46+,50+,51+,56+,57+,62-/m1/s1. The third-order valence-electron chi connectivity index (χ3n) is 14.7. The van der Waals surface area contributed by atoms with Gasteiger partial charge in [-0.3, -0.25) is 38.4 Å². The van der Waals surface area contributed by atoms with Gasteiger partial charge in [-0.1, -0.05) is 96.8 Å². The number of carboxylic acids is 1. The Kier molecular flexibility index (Phi) is 27.3. The highest BCUT2D eigenvalue weighted by atomic mass is 19.1. The van der Waals surface area contributed by atoms with Crippen molar-refractivity contribution in [3.63, 3.8) is 0 Å². The molecule has 0 fully saturated rings. The van der Waals surface area contributed by atoms with Crippen LogP contribution in [0.15, 0.2) is 90.0 Å². The van der Waals surface area contributed by atoms with Crippen molar-refractivity contribution in [3.8, 4) is 16.9 Å². The zero-order valence-electron chi connectivity index (χ0n) is 48.6. The van der Waals surface area contributed by atoms with Crippen LogP contribution in [0, 0.1) is 36.9 Å². The highest BCUT2D eigenvalue weighted by Crippen LogP contribution is 2.32. The van der Waals surface area contributed by atoms with Gasteiger partial charge in [0.2, 0.25) is 23.6 Å². The van der Waals surface area contributed by atoms with E-state index in [-0.39, 0.29) is 18.4 Å². The van der Waals surface area contributed by atoms with E-state index < -0.39 is 145 Å². The highest BCUT2D eigenvalue weighted by Gasteiger charge is 2.42. The van der Waals surface area contributed by atoms with Gasteiger partial charge in [0.1, 0.15) is 23.7 Å². The molecule has 0 unspecified atom stereocenters. The number of primary amides is 1. The van der Waals surface area contributed by atoms with Gasteiger partial charge < -0.3 is 52.6 Å². The molecule has 0 bridgehead atoms. The number of nitrogens with zero attached hydrogens (tertiary/aromatic N) is 3. The molecule has 0 aliphatic heterocycles. The van der Waals surface area contributed by atoms with Crippen LogP contribution in [-0.2, 0) is 64.0 Å². The van der Waals surface area contributed by atoms with Crippen molar-refractivity contribution in [2.45, 2.75) is 155 Å². The largest absolute Gasteiger partial charge is 0.494 e. The Morgan fingerprint density at radius 1 is 0.762 bits per heavy atom. The topological polar surface area (TPSA) is 364 Å². The van der Waals surface area contributed by atoms with E-state index in [9.17, 15) is 63.2 Å². The molecule has 454 valence electrons. The van der Waals surface area contributed by atoms with E-state index in [1.165, 1.54) is 32.0 Å². The highest BCUT2D eigenvalue weighted by molar-refractivity contribution is 5.99. The number of rotatable bonds is 37. The summed E-state index contributed by atoms with van der Waals surface area (Å²) < 4.78 is 20.9. The van der Waals surface area contributed by atoms with Gasteiger partial charge in [-0.15, -0.1) is 0 Å². The summed E-state index contributed by atoms with van der Waals surface area (Å²) >= 11 is 0. The Bertz CT molecular complexity index is 2970. The number of azide groups is 1. The lowest BCUT2D eigenvalue weighted by Gasteiger charge is -2.32. The van der Waals surface area contributed by atoms with Crippen LogP contribution in [-0.4, -0.2) is 124 Å². The second-order valence-corrected chi connectivity index (χ2v) is 21.9. The second-order valence-electron chi connectivity index (χ2n) is 21.9. The van der Waals surface area contributed by atoms with Gasteiger partial charge in [-0.25, -0.2) is 4.39 Å². The van der Waals surface area contributed by atoms with Crippen LogP contribution in [0.5, 0.6) is 5.75 Å². The molecule has 0 saturated heterocycles. The van der Waals surface area contributed by atoms with E-state index in [4.69, 9.17) is 21.7 Å². The van der Waals surface area contributed by atoms with Crippen molar-refractivity contribution in [2.75, 3.05) is 19.8 Å². The SMILES string of the molecule is CCc1cc(OCCCCN=[N+]=[N-])ccc1-c1ccc(C[C@H](CC(=O)[C@H](CC(=O)O)NC(=O)[C@H](CO)CC(=O)[C@@H](NC(=O)[C@@](C)(CC(=O)[C@@H](N)[C@@H](C)O)Cc2ccccc2F)[C@@H](C)O)C(=O)N[C@@H](CCCc2cc(C)cc(C)c2)C(N)=O)cc1. The van der Waals surface area contributed by atoms with Crippen LogP contribution in [0.2, 0.25) is 0 Å². The fourth-order valence-corrected chi connectivity index (χ4v) is 9.96. The number of ketones is 3. The van der Waals surface area contributed by atoms with E-state index in [0.29, 0.717) is 56.6 Å². The van der Waals surface area contributed by atoms with E-state index in [1.807, 2.05) is 69.3 Å². The van der Waals surface area contributed by atoms with Crippen LogP contribution < -0.4 is 32.2 Å². The number of carboxylic acid groups (broad SMARTS) is 1. The summed E-state index contributed by atoms with van der Waals surface area (Å²) in [5.74, 6) is -10.9. The number of carbonyl (C=O) groups excluding carboxylic acids is 7. The van der Waals surface area contributed by atoms with Gasteiger partial charge in [-0.05, 0) is 136 Å². The number of ether oxygens (including phenoxy) is 1. The number of aliphatic hydroxyl groups excluding tert-OH is 3. The molecule has 0 saturated carbocycles. The van der Waals surface area contributed by atoms with Gasteiger partial charge in [-0.2, -0.15) is 0 Å². The molecule has 4 rings (SSSR count). The van der Waals surface area contributed by atoms with Crippen LogP contribution in [0.3, 0.4) is 0 Å². The summed E-state index contributed by atoms with van der Waals surface area (Å²) in [7, 11) is 0. The summed E-state index contributed by atoms with van der Waals surface area (Å²) in [4.78, 5) is 112. The summed E-state index contributed by atoms with van der Waals surface area (Å²) in [6.07, 6.45) is -3.42. The smallest absolute Gasteiger partial charge is 0.305 e. The number of aryl methyl sites for hydroxylation is 4. The Morgan fingerprint density at radius 2 is 1.40 bits per heavy atom. The normalized spacial score (nSPS) is 14.8. The Balaban J connectivity index is 1.59. The molecular weight excluding hydrogens is 1080 g/mol. The van der Waals surface area contributed by atoms with Crippen molar-refractivity contribution in [1.29, 1.82) is 0 Å². The molecule has 84 heavy (non-hydrogen) atoms. The fraction of sp³-hybridized carbons (Fsp3) is 0.484. The van der Waals surface area contributed by atoms with E-state index in [2.05, 4.69) is 26.0 Å². The van der Waals surface area contributed by atoms with Gasteiger partial charge >= 0.3 is 5.97 Å². The second kappa shape index (κ2) is 33.4. The Labute approximate surface area is 489 Å². The number of halogens is 1. The third kappa shape index (κ3) is 21.4. The van der Waals surface area contributed by atoms with Gasteiger partial charge in [0, 0.05) is 36.6 Å². The number of nitrogens with two attached hydrogens (primary N) is 2. The van der Waals surface area contributed by atoms with Crippen LogP contribution in [0.1, 0.15) is 112 Å². The predicted molar refractivity (Wildman–Crippen MR) is 312 cm³/mol. The lowest BCUT2D eigenvalue weighted by molar-refractivity contribution is -0.142. The lowest BCUT2D eigenvalue weighted by atomic mass is 9.76. The minimum atomic E-state index is -1.82. The van der Waals surface area contributed by atoms with Crippen LogP contribution in [0.25, 0.3) is 21.6 Å². The number of amides is 4. The number of aliphatic carboxylic acids is 1. The van der Waals surface area contributed by atoms with Crippen molar-refractivity contribution in [1.82, 2.24) is 16.0 Å². The molecule has 21 nitrogen and oxygen atoms in total.